The second kappa shape index (κ2) is 18.4. The third-order valence-corrected chi connectivity index (χ3v) is 8.24. The molecule has 184 valence electrons. The van der Waals surface area contributed by atoms with Gasteiger partial charge in [0.2, 0.25) is 0 Å². The highest BCUT2D eigenvalue weighted by Gasteiger charge is 2.19. The Hall–Kier alpha value is -0.0400. The largest absolute Gasteiger partial charge is 0.376 e. The van der Waals surface area contributed by atoms with Crippen LogP contribution in [-0.2, 0) is 4.74 Å². The summed E-state index contributed by atoms with van der Waals surface area (Å²) in [6.07, 6.45) is 35.7. The smallest absolute Gasteiger partial charge is 0.0553 e. The van der Waals surface area contributed by atoms with Gasteiger partial charge >= 0.3 is 0 Å². The molecule has 0 N–H and O–H groups in total. The van der Waals surface area contributed by atoms with Crippen molar-refractivity contribution in [1.82, 2.24) is 0 Å². The molecule has 2 aliphatic carbocycles. The number of hydrogen-bond acceptors (Lipinski definition) is 1. The lowest BCUT2D eigenvalue weighted by Crippen LogP contribution is -2.23. The number of hydrogen-bond donors (Lipinski definition) is 0. The lowest BCUT2D eigenvalue weighted by molar-refractivity contribution is -0.0183. The Bertz CT molecular complexity index is 332. The highest BCUT2D eigenvalue weighted by atomic mass is 16.5. The maximum atomic E-state index is 6.60. The number of ether oxygens (including phenoxy) is 1. The first-order valence-electron chi connectivity index (χ1n) is 14.9. The van der Waals surface area contributed by atoms with Crippen LogP contribution in [0.4, 0.5) is 0 Å². The van der Waals surface area contributed by atoms with Gasteiger partial charge in [-0.05, 0) is 38.5 Å². The van der Waals surface area contributed by atoms with E-state index in [1.807, 2.05) is 0 Å². The van der Waals surface area contributed by atoms with Crippen molar-refractivity contribution < 1.29 is 4.74 Å². The Kier molecular flexibility index (Phi) is 16.1. The van der Waals surface area contributed by atoms with E-state index in [9.17, 15) is 0 Å². The topological polar surface area (TPSA) is 9.23 Å². The number of rotatable bonds is 6. The minimum atomic E-state index is 0.444. The molecule has 31 heavy (non-hydrogen) atoms. The summed E-state index contributed by atoms with van der Waals surface area (Å²) in [5.74, 6) is 1.81. The zero-order valence-corrected chi connectivity index (χ0v) is 21.7. The van der Waals surface area contributed by atoms with Gasteiger partial charge in [-0.1, -0.05) is 141 Å². The molecule has 2 rings (SSSR count). The maximum absolute atomic E-state index is 6.60. The summed E-state index contributed by atoms with van der Waals surface area (Å²) in [7, 11) is 0. The van der Waals surface area contributed by atoms with Crippen molar-refractivity contribution in [2.45, 2.75) is 180 Å². The summed E-state index contributed by atoms with van der Waals surface area (Å²) >= 11 is 0. The first-order chi connectivity index (χ1) is 15.2. The maximum Gasteiger partial charge on any atom is 0.0553 e. The predicted octanol–water partition coefficient (Wildman–Crippen LogP) is 10.4. The molecule has 0 spiro atoms. The summed E-state index contributed by atoms with van der Waals surface area (Å²) in [6.45, 7) is 4.74. The van der Waals surface area contributed by atoms with Gasteiger partial charge in [0.05, 0.1) is 12.2 Å². The van der Waals surface area contributed by atoms with E-state index in [2.05, 4.69) is 13.8 Å². The second-order valence-electron chi connectivity index (χ2n) is 11.5. The van der Waals surface area contributed by atoms with E-state index in [0.717, 1.165) is 11.8 Å². The van der Waals surface area contributed by atoms with E-state index < -0.39 is 0 Å². The Balaban J connectivity index is 1.70. The summed E-state index contributed by atoms with van der Waals surface area (Å²) in [6, 6.07) is 0. The first-order valence-corrected chi connectivity index (χ1v) is 14.9. The molecule has 2 aliphatic rings. The predicted molar refractivity (Wildman–Crippen MR) is 138 cm³/mol. The molecule has 0 heterocycles. The van der Waals surface area contributed by atoms with Crippen LogP contribution >= 0.6 is 0 Å². The fourth-order valence-electron chi connectivity index (χ4n) is 6.41. The van der Waals surface area contributed by atoms with Crippen molar-refractivity contribution >= 4 is 0 Å². The van der Waals surface area contributed by atoms with Crippen LogP contribution in [0.15, 0.2) is 0 Å². The molecule has 1 heteroatoms. The van der Waals surface area contributed by atoms with E-state index in [-0.39, 0.29) is 0 Å². The van der Waals surface area contributed by atoms with Gasteiger partial charge in [-0.15, -0.1) is 0 Å². The monoisotopic (exact) mass is 434 g/mol. The standard InChI is InChI=1S/C30H58O/c1-27(25-29-21-17-13-9-5-3-6-10-14-18-22-29)31-28(2)26-30-23-19-15-11-7-4-8-12-16-20-24-30/h27-30H,3-26H2,1-2H3. The van der Waals surface area contributed by atoms with E-state index in [0.29, 0.717) is 12.2 Å². The third kappa shape index (κ3) is 14.7. The van der Waals surface area contributed by atoms with Gasteiger partial charge in [0.15, 0.2) is 0 Å². The summed E-state index contributed by atoms with van der Waals surface area (Å²) in [5.41, 5.74) is 0. The molecule has 2 unspecified atom stereocenters. The molecular weight excluding hydrogens is 376 g/mol. The summed E-state index contributed by atoms with van der Waals surface area (Å²) < 4.78 is 6.60. The van der Waals surface area contributed by atoms with Crippen LogP contribution in [0, 0.1) is 11.8 Å². The molecule has 0 aromatic carbocycles. The van der Waals surface area contributed by atoms with Crippen LogP contribution in [0.25, 0.3) is 0 Å². The molecule has 0 radical (unpaired) electrons. The minimum Gasteiger partial charge on any atom is -0.376 e. The van der Waals surface area contributed by atoms with Gasteiger partial charge in [0.1, 0.15) is 0 Å². The molecule has 0 aromatic rings. The third-order valence-electron chi connectivity index (χ3n) is 8.24. The fourth-order valence-corrected chi connectivity index (χ4v) is 6.41. The van der Waals surface area contributed by atoms with Crippen LogP contribution < -0.4 is 0 Å². The Labute approximate surface area is 196 Å². The van der Waals surface area contributed by atoms with Crippen molar-refractivity contribution in [1.29, 1.82) is 0 Å². The summed E-state index contributed by atoms with van der Waals surface area (Å²) in [5, 5.41) is 0. The van der Waals surface area contributed by atoms with Crippen LogP contribution in [0.1, 0.15) is 168 Å². The van der Waals surface area contributed by atoms with Gasteiger partial charge in [0.25, 0.3) is 0 Å². The van der Waals surface area contributed by atoms with Crippen molar-refractivity contribution in [2.24, 2.45) is 11.8 Å². The lowest BCUT2D eigenvalue weighted by atomic mass is 9.88. The highest BCUT2D eigenvalue weighted by Crippen LogP contribution is 2.28. The molecule has 0 bridgehead atoms. The zero-order chi connectivity index (χ0) is 22.0. The Morgan fingerprint density at radius 2 is 0.645 bits per heavy atom. The fraction of sp³-hybridized carbons (Fsp3) is 1.00. The van der Waals surface area contributed by atoms with Gasteiger partial charge in [-0.25, -0.2) is 0 Å². The molecule has 2 saturated carbocycles. The highest BCUT2D eigenvalue weighted by molar-refractivity contribution is 4.70. The first kappa shape index (κ1) is 27.2. The zero-order valence-electron chi connectivity index (χ0n) is 21.7. The quantitative estimate of drug-likeness (QED) is 0.404. The Morgan fingerprint density at radius 3 is 0.903 bits per heavy atom. The average molecular weight is 435 g/mol. The SMILES string of the molecule is CC(CC1CCCCCCCCCCC1)OC(C)CC1CCCCCCCCCCC1. The van der Waals surface area contributed by atoms with Gasteiger partial charge < -0.3 is 4.74 Å². The van der Waals surface area contributed by atoms with Gasteiger partial charge in [-0.3, -0.25) is 0 Å². The van der Waals surface area contributed by atoms with Crippen molar-refractivity contribution in [3.63, 3.8) is 0 Å². The minimum absolute atomic E-state index is 0.444. The molecule has 0 saturated heterocycles. The van der Waals surface area contributed by atoms with E-state index in [4.69, 9.17) is 4.74 Å². The average Bonchev–Trinajstić information content (AvgIpc) is 2.72. The molecule has 0 aliphatic heterocycles. The van der Waals surface area contributed by atoms with Crippen molar-refractivity contribution in [3.05, 3.63) is 0 Å². The Morgan fingerprint density at radius 1 is 0.419 bits per heavy atom. The van der Waals surface area contributed by atoms with Crippen molar-refractivity contribution in [3.8, 4) is 0 Å². The second-order valence-corrected chi connectivity index (χ2v) is 11.5. The normalized spacial score (nSPS) is 25.4. The van der Waals surface area contributed by atoms with Crippen molar-refractivity contribution in [2.75, 3.05) is 0 Å². The molecular formula is C30H58O. The molecule has 2 fully saturated rings. The van der Waals surface area contributed by atoms with E-state index in [1.165, 1.54) is 154 Å². The molecule has 1 nitrogen and oxygen atoms in total. The summed E-state index contributed by atoms with van der Waals surface area (Å²) in [4.78, 5) is 0. The van der Waals surface area contributed by atoms with Gasteiger partial charge in [-0.2, -0.15) is 0 Å². The molecule has 2 atom stereocenters. The molecule has 0 aromatic heterocycles. The van der Waals surface area contributed by atoms with E-state index in [1.54, 1.807) is 0 Å². The van der Waals surface area contributed by atoms with E-state index >= 15 is 0 Å². The van der Waals surface area contributed by atoms with Crippen LogP contribution in [0.5, 0.6) is 0 Å². The molecule has 0 amide bonds. The van der Waals surface area contributed by atoms with Gasteiger partial charge in [0, 0.05) is 0 Å². The lowest BCUT2D eigenvalue weighted by Gasteiger charge is -2.27. The van der Waals surface area contributed by atoms with Crippen LogP contribution in [0.3, 0.4) is 0 Å². The van der Waals surface area contributed by atoms with Crippen LogP contribution in [0.2, 0.25) is 0 Å². The van der Waals surface area contributed by atoms with Crippen LogP contribution in [-0.4, -0.2) is 12.2 Å².